The summed E-state index contributed by atoms with van der Waals surface area (Å²) in [5.74, 6) is 0.281. The fraction of sp³-hybridized carbons (Fsp3) is 0.500. The van der Waals surface area contributed by atoms with Crippen LogP contribution in [0.4, 0.5) is 0 Å². The van der Waals surface area contributed by atoms with Gasteiger partial charge in [-0.3, -0.25) is 9.59 Å². The van der Waals surface area contributed by atoms with Gasteiger partial charge in [0, 0.05) is 25.2 Å². The average Bonchev–Trinajstić information content (AvgIpc) is 2.49. The molecule has 4 N–H and O–H groups in total. The summed E-state index contributed by atoms with van der Waals surface area (Å²) in [6.07, 6.45) is 0.764. The van der Waals surface area contributed by atoms with Crippen LogP contribution >= 0.6 is 0 Å². The maximum atomic E-state index is 12.3. The zero-order chi connectivity index (χ0) is 16.7. The molecular formula is C16H25N3O3. The highest BCUT2D eigenvalue weighted by atomic mass is 16.5. The number of hydrogen-bond donors (Lipinski definition) is 2. The molecule has 1 atom stereocenters. The minimum atomic E-state index is -0.540. The standard InChI is InChI=1S/C16H25N3O3/c1-11(2)14(17)8-9-19(3)16(21)12-4-6-13(7-5-12)22-10-15(18)20/h4-7,11,14H,8-10,17H2,1-3H3,(H2,18,20). The van der Waals surface area contributed by atoms with Gasteiger partial charge >= 0.3 is 0 Å². The molecule has 0 saturated carbocycles. The molecule has 122 valence electrons. The molecule has 1 aromatic carbocycles. The molecule has 0 bridgehead atoms. The molecule has 0 aliphatic heterocycles. The van der Waals surface area contributed by atoms with Crippen LogP contribution in [0.2, 0.25) is 0 Å². The van der Waals surface area contributed by atoms with E-state index in [1.165, 1.54) is 0 Å². The monoisotopic (exact) mass is 307 g/mol. The smallest absolute Gasteiger partial charge is 0.255 e. The maximum absolute atomic E-state index is 12.3. The van der Waals surface area contributed by atoms with Crippen molar-refractivity contribution in [1.29, 1.82) is 0 Å². The number of carbonyl (C=O) groups excluding carboxylic acids is 2. The summed E-state index contributed by atoms with van der Waals surface area (Å²) in [6.45, 7) is 4.56. The van der Waals surface area contributed by atoms with E-state index in [1.807, 2.05) is 0 Å². The summed E-state index contributed by atoms with van der Waals surface area (Å²) in [4.78, 5) is 24.6. The van der Waals surface area contributed by atoms with Gasteiger partial charge in [-0.15, -0.1) is 0 Å². The van der Waals surface area contributed by atoms with Gasteiger partial charge in [-0.1, -0.05) is 13.8 Å². The molecule has 2 amide bonds. The molecule has 0 saturated heterocycles. The van der Waals surface area contributed by atoms with Gasteiger partial charge in [0.15, 0.2) is 6.61 Å². The molecule has 22 heavy (non-hydrogen) atoms. The predicted octanol–water partition coefficient (Wildman–Crippen LogP) is 0.996. The number of nitrogens with zero attached hydrogens (tertiary/aromatic N) is 1. The third kappa shape index (κ3) is 5.73. The summed E-state index contributed by atoms with van der Waals surface area (Å²) < 4.78 is 5.15. The van der Waals surface area contributed by atoms with Gasteiger partial charge in [0.25, 0.3) is 11.8 Å². The van der Waals surface area contributed by atoms with Crippen LogP contribution in [0.5, 0.6) is 5.75 Å². The molecule has 6 heteroatoms. The first-order valence-corrected chi connectivity index (χ1v) is 7.33. The quantitative estimate of drug-likeness (QED) is 0.748. The van der Waals surface area contributed by atoms with Crippen molar-refractivity contribution >= 4 is 11.8 Å². The number of rotatable bonds is 8. The third-order valence-electron chi connectivity index (χ3n) is 3.48. The zero-order valence-corrected chi connectivity index (χ0v) is 13.4. The van der Waals surface area contributed by atoms with Crippen molar-refractivity contribution in [1.82, 2.24) is 4.90 Å². The molecule has 0 aliphatic carbocycles. The first-order chi connectivity index (χ1) is 10.3. The first kappa shape index (κ1) is 18.0. The van der Waals surface area contributed by atoms with Crippen LogP contribution in [-0.4, -0.2) is 43.0 Å². The first-order valence-electron chi connectivity index (χ1n) is 7.33. The van der Waals surface area contributed by atoms with E-state index in [1.54, 1.807) is 36.2 Å². The molecule has 1 aromatic rings. The van der Waals surface area contributed by atoms with E-state index in [2.05, 4.69) is 13.8 Å². The Kier molecular flexibility index (Phi) is 6.85. The summed E-state index contributed by atoms with van der Waals surface area (Å²) >= 11 is 0. The van der Waals surface area contributed by atoms with E-state index in [-0.39, 0.29) is 18.6 Å². The largest absolute Gasteiger partial charge is 0.484 e. The number of benzene rings is 1. The number of nitrogens with two attached hydrogens (primary N) is 2. The normalized spacial score (nSPS) is 12.0. The number of primary amides is 1. The van der Waals surface area contributed by atoms with Crippen molar-refractivity contribution in [3.8, 4) is 5.75 Å². The van der Waals surface area contributed by atoms with Crippen LogP contribution in [0.15, 0.2) is 24.3 Å². The van der Waals surface area contributed by atoms with Crippen molar-refractivity contribution in [2.75, 3.05) is 20.2 Å². The maximum Gasteiger partial charge on any atom is 0.255 e. The van der Waals surface area contributed by atoms with E-state index in [9.17, 15) is 9.59 Å². The lowest BCUT2D eigenvalue weighted by Gasteiger charge is -2.21. The Bertz CT molecular complexity index is 500. The minimum absolute atomic E-state index is 0.0718. The molecule has 1 unspecified atom stereocenters. The van der Waals surface area contributed by atoms with Gasteiger partial charge in [0.05, 0.1) is 0 Å². The lowest BCUT2D eigenvalue weighted by molar-refractivity contribution is -0.119. The Morgan fingerprint density at radius 1 is 1.23 bits per heavy atom. The Morgan fingerprint density at radius 3 is 2.32 bits per heavy atom. The molecule has 0 spiro atoms. The lowest BCUT2D eigenvalue weighted by Crippen LogP contribution is -2.34. The topological polar surface area (TPSA) is 98.7 Å². The van der Waals surface area contributed by atoms with Crippen LogP contribution < -0.4 is 16.2 Å². The molecule has 0 aromatic heterocycles. The number of hydrogen-bond acceptors (Lipinski definition) is 4. The molecule has 1 rings (SSSR count). The molecule has 0 aliphatic rings. The Morgan fingerprint density at radius 2 is 1.82 bits per heavy atom. The number of amides is 2. The zero-order valence-electron chi connectivity index (χ0n) is 13.4. The molecule has 6 nitrogen and oxygen atoms in total. The summed E-state index contributed by atoms with van der Waals surface area (Å²) in [6, 6.07) is 6.70. The van der Waals surface area contributed by atoms with E-state index in [4.69, 9.17) is 16.2 Å². The van der Waals surface area contributed by atoms with Gasteiger partial charge in [-0.25, -0.2) is 0 Å². The van der Waals surface area contributed by atoms with E-state index in [0.717, 1.165) is 6.42 Å². The van der Waals surface area contributed by atoms with Crippen molar-refractivity contribution in [2.24, 2.45) is 17.4 Å². The second kappa shape index (κ2) is 8.38. The van der Waals surface area contributed by atoms with E-state index >= 15 is 0 Å². The number of carbonyl (C=O) groups is 2. The summed E-state index contributed by atoms with van der Waals surface area (Å²) in [5.41, 5.74) is 11.6. The van der Waals surface area contributed by atoms with Crippen LogP contribution in [0, 0.1) is 5.92 Å². The highest BCUT2D eigenvalue weighted by Crippen LogP contribution is 2.14. The van der Waals surface area contributed by atoms with Gasteiger partial charge in [-0.05, 0) is 36.6 Å². The molecular weight excluding hydrogens is 282 g/mol. The van der Waals surface area contributed by atoms with Gasteiger partial charge < -0.3 is 21.1 Å². The van der Waals surface area contributed by atoms with Gasteiger partial charge in [0.1, 0.15) is 5.75 Å². The predicted molar refractivity (Wildman–Crippen MR) is 85.5 cm³/mol. The highest BCUT2D eigenvalue weighted by molar-refractivity contribution is 5.94. The van der Waals surface area contributed by atoms with Crippen LogP contribution in [0.1, 0.15) is 30.6 Å². The van der Waals surface area contributed by atoms with Crippen LogP contribution in [-0.2, 0) is 4.79 Å². The molecule has 0 heterocycles. The van der Waals surface area contributed by atoms with Crippen LogP contribution in [0.25, 0.3) is 0 Å². The lowest BCUT2D eigenvalue weighted by atomic mass is 10.0. The Labute approximate surface area is 131 Å². The van der Waals surface area contributed by atoms with Crippen molar-refractivity contribution < 1.29 is 14.3 Å². The fourth-order valence-corrected chi connectivity index (χ4v) is 1.85. The Balaban J connectivity index is 2.55. The summed E-state index contributed by atoms with van der Waals surface area (Å²) in [7, 11) is 1.76. The highest BCUT2D eigenvalue weighted by Gasteiger charge is 2.14. The Hall–Kier alpha value is -2.08. The molecule has 0 fully saturated rings. The number of ether oxygens (including phenoxy) is 1. The van der Waals surface area contributed by atoms with Crippen molar-refractivity contribution in [2.45, 2.75) is 26.3 Å². The van der Waals surface area contributed by atoms with Crippen molar-refractivity contribution in [3.63, 3.8) is 0 Å². The van der Waals surface area contributed by atoms with Crippen molar-refractivity contribution in [3.05, 3.63) is 29.8 Å². The summed E-state index contributed by atoms with van der Waals surface area (Å²) in [5, 5.41) is 0. The van der Waals surface area contributed by atoms with Gasteiger partial charge in [-0.2, -0.15) is 0 Å². The minimum Gasteiger partial charge on any atom is -0.484 e. The average molecular weight is 307 g/mol. The SMILES string of the molecule is CC(C)C(N)CCN(C)C(=O)c1ccc(OCC(N)=O)cc1. The second-order valence-electron chi connectivity index (χ2n) is 5.70. The fourth-order valence-electron chi connectivity index (χ4n) is 1.85. The second-order valence-corrected chi connectivity index (χ2v) is 5.70. The third-order valence-corrected chi connectivity index (χ3v) is 3.48. The van der Waals surface area contributed by atoms with E-state index < -0.39 is 5.91 Å². The van der Waals surface area contributed by atoms with Gasteiger partial charge in [0.2, 0.25) is 0 Å². The van der Waals surface area contributed by atoms with Crippen LogP contribution in [0.3, 0.4) is 0 Å². The molecule has 0 radical (unpaired) electrons. The van der Waals surface area contributed by atoms with E-state index in [0.29, 0.717) is 23.8 Å².